The van der Waals surface area contributed by atoms with Crippen molar-refractivity contribution in [3.05, 3.63) is 40.4 Å². The van der Waals surface area contributed by atoms with Gasteiger partial charge in [-0.15, -0.1) is 0 Å². The monoisotopic (exact) mass is 294 g/mol. The molecule has 0 atom stereocenters. The minimum atomic E-state index is -0.0732. The van der Waals surface area contributed by atoms with Crippen molar-refractivity contribution in [2.24, 2.45) is 0 Å². The van der Waals surface area contributed by atoms with Crippen LogP contribution in [0.4, 0.5) is 0 Å². The zero-order chi connectivity index (χ0) is 15.3. The molecule has 1 aromatic rings. The molecule has 4 heteroatoms. The van der Waals surface area contributed by atoms with E-state index < -0.39 is 0 Å². The zero-order valence-corrected chi connectivity index (χ0v) is 13.6. The summed E-state index contributed by atoms with van der Waals surface area (Å²) in [5.41, 5.74) is 1.58. The van der Waals surface area contributed by atoms with Crippen molar-refractivity contribution in [1.82, 2.24) is 10.2 Å². The molecule has 0 aliphatic carbocycles. The van der Waals surface area contributed by atoms with Crippen LogP contribution in [0.15, 0.2) is 29.8 Å². The van der Waals surface area contributed by atoms with Crippen LogP contribution in [0.5, 0.6) is 0 Å². The highest BCUT2D eigenvalue weighted by Crippen LogP contribution is 2.13. The van der Waals surface area contributed by atoms with E-state index in [1.807, 2.05) is 51.4 Å². The minimum absolute atomic E-state index is 0.0464. The Bertz CT molecular complexity index is 490. The number of carbonyl (C=O) groups excluding carboxylic acids is 1. The number of benzene rings is 1. The maximum absolute atomic E-state index is 12.1. The van der Waals surface area contributed by atoms with Crippen molar-refractivity contribution in [3.8, 4) is 0 Å². The maximum Gasteiger partial charge on any atom is 0.247 e. The van der Waals surface area contributed by atoms with Gasteiger partial charge in [0.15, 0.2) is 0 Å². The van der Waals surface area contributed by atoms with E-state index in [2.05, 4.69) is 24.1 Å². The number of nitrogens with zero attached hydrogens (tertiary/aromatic N) is 1. The second kappa shape index (κ2) is 6.91. The van der Waals surface area contributed by atoms with Crippen molar-refractivity contribution in [3.63, 3.8) is 0 Å². The zero-order valence-electron chi connectivity index (χ0n) is 12.8. The Morgan fingerprint density at radius 1 is 1.30 bits per heavy atom. The van der Waals surface area contributed by atoms with Gasteiger partial charge in [-0.25, -0.2) is 0 Å². The van der Waals surface area contributed by atoms with Crippen LogP contribution in [0.3, 0.4) is 0 Å². The normalized spacial score (nSPS) is 12.7. The number of hydrogen-bond acceptors (Lipinski definition) is 2. The summed E-state index contributed by atoms with van der Waals surface area (Å²) in [6, 6.07) is 7.41. The van der Waals surface area contributed by atoms with Crippen LogP contribution >= 0.6 is 11.6 Å². The molecule has 1 rings (SSSR count). The molecule has 0 spiro atoms. The van der Waals surface area contributed by atoms with E-state index in [0.717, 1.165) is 5.56 Å². The van der Waals surface area contributed by atoms with Crippen LogP contribution in [0.1, 0.15) is 26.3 Å². The number of likely N-dealkylation sites (N-methyl/N-ethyl adjacent to an activating group) is 1. The van der Waals surface area contributed by atoms with Gasteiger partial charge in [-0.3, -0.25) is 4.79 Å². The molecule has 0 unspecified atom stereocenters. The molecule has 20 heavy (non-hydrogen) atoms. The molecule has 3 nitrogen and oxygen atoms in total. The van der Waals surface area contributed by atoms with E-state index in [9.17, 15) is 4.79 Å². The van der Waals surface area contributed by atoms with E-state index in [4.69, 9.17) is 11.6 Å². The summed E-state index contributed by atoms with van der Waals surface area (Å²) in [5.74, 6) is -0.0464. The van der Waals surface area contributed by atoms with E-state index in [0.29, 0.717) is 17.1 Å². The molecule has 1 N–H and O–H groups in total. The fourth-order valence-electron chi connectivity index (χ4n) is 1.47. The van der Waals surface area contributed by atoms with Gasteiger partial charge < -0.3 is 10.2 Å². The Labute approximate surface area is 126 Å². The predicted molar refractivity (Wildman–Crippen MR) is 85.9 cm³/mol. The SMILES string of the molecule is C/C(=C\c1ccc(Cl)cc1)C(=O)NCC(C)(C)N(C)C. The summed E-state index contributed by atoms with van der Waals surface area (Å²) in [6.07, 6.45) is 1.86. The average molecular weight is 295 g/mol. The third kappa shape index (κ3) is 4.99. The summed E-state index contributed by atoms with van der Waals surface area (Å²) >= 11 is 5.84. The summed E-state index contributed by atoms with van der Waals surface area (Å²) in [5, 5.41) is 3.65. The van der Waals surface area contributed by atoms with Gasteiger partial charge in [-0.2, -0.15) is 0 Å². The van der Waals surface area contributed by atoms with Crippen molar-refractivity contribution in [2.45, 2.75) is 26.3 Å². The topological polar surface area (TPSA) is 32.3 Å². The summed E-state index contributed by atoms with van der Waals surface area (Å²) < 4.78 is 0. The molecule has 0 aliphatic rings. The Kier molecular flexibility index (Phi) is 5.78. The van der Waals surface area contributed by atoms with Crippen molar-refractivity contribution in [2.75, 3.05) is 20.6 Å². The molecule has 1 aromatic carbocycles. The van der Waals surface area contributed by atoms with Gasteiger partial charge in [0.25, 0.3) is 0 Å². The molecule has 0 heterocycles. The van der Waals surface area contributed by atoms with E-state index in [1.165, 1.54) is 0 Å². The van der Waals surface area contributed by atoms with Gasteiger partial charge in [-0.1, -0.05) is 23.7 Å². The number of nitrogens with one attached hydrogen (secondary N) is 1. The second-order valence-corrected chi connectivity index (χ2v) is 6.20. The standard InChI is InChI=1S/C16H23ClN2O/c1-12(10-13-6-8-14(17)9-7-13)15(20)18-11-16(2,3)19(4)5/h6-10H,11H2,1-5H3,(H,18,20)/b12-10+. The molecule has 0 aromatic heterocycles. The fraction of sp³-hybridized carbons (Fsp3) is 0.438. The summed E-state index contributed by atoms with van der Waals surface area (Å²) in [7, 11) is 4.01. The quantitative estimate of drug-likeness (QED) is 0.846. The van der Waals surface area contributed by atoms with Gasteiger partial charge in [0.05, 0.1) is 0 Å². The first kappa shape index (κ1) is 16.7. The Morgan fingerprint density at radius 2 is 1.85 bits per heavy atom. The first-order chi connectivity index (χ1) is 9.22. The molecule has 1 amide bonds. The Morgan fingerprint density at radius 3 is 2.35 bits per heavy atom. The maximum atomic E-state index is 12.1. The van der Waals surface area contributed by atoms with Gasteiger partial charge in [0, 0.05) is 22.7 Å². The summed E-state index contributed by atoms with van der Waals surface area (Å²) in [4.78, 5) is 14.1. The minimum Gasteiger partial charge on any atom is -0.350 e. The molecule has 0 saturated heterocycles. The number of rotatable bonds is 5. The lowest BCUT2D eigenvalue weighted by Crippen LogP contribution is -2.48. The number of hydrogen-bond donors (Lipinski definition) is 1. The smallest absolute Gasteiger partial charge is 0.247 e. The third-order valence-electron chi connectivity index (χ3n) is 3.50. The molecule has 0 fully saturated rings. The molecule has 0 saturated carbocycles. The van der Waals surface area contributed by atoms with Gasteiger partial charge in [-0.05, 0) is 58.6 Å². The second-order valence-electron chi connectivity index (χ2n) is 5.77. The first-order valence-corrected chi connectivity index (χ1v) is 6.99. The molecular weight excluding hydrogens is 272 g/mol. The van der Waals surface area contributed by atoms with Crippen LogP contribution in [-0.4, -0.2) is 37.0 Å². The molecule has 0 bridgehead atoms. The van der Waals surface area contributed by atoms with Crippen LogP contribution in [0.25, 0.3) is 6.08 Å². The van der Waals surface area contributed by atoms with E-state index in [1.54, 1.807) is 0 Å². The molecule has 110 valence electrons. The van der Waals surface area contributed by atoms with E-state index in [-0.39, 0.29) is 11.4 Å². The lowest BCUT2D eigenvalue weighted by atomic mass is 10.0. The van der Waals surface area contributed by atoms with Gasteiger partial charge in [0.1, 0.15) is 0 Å². The van der Waals surface area contributed by atoms with E-state index >= 15 is 0 Å². The lowest BCUT2D eigenvalue weighted by molar-refractivity contribution is -0.117. The molecule has 0 aliphatic heterocycles. The highest BCUT2D eigenvalue weighted by Gasteiger charge is 2.21. The average Bonchev–Trinajstić information content (AvgIpc) is 2.38. The largest absolute Gasteiger partial charge is 0.350 e. The number of carbonyl (C=O) groups is 1. The van der Waals surface area contributed by atoms with Crippen LogP contribution in [0, 0.1) is 0 Å². The molecular formula is C16H23ClN2O. The van der Waals surface area contributed by atoms with Crippen molar-refractivity contribution in [1.29, 1.82) is 0 Å². The first-order valence-electron chi connectivity index (χ1n) is 6.62. The lowest BCUT2D eigenvalue weighted by Gasteiger charge is -2.32. The van der Waals surface area contributed by atoms with Gasteiger partial charge >= 0.3 is 0 Å². The predicted octanol–water partition coefficient (Wildman–Crippen LogP) is 3.20. The van der Waals surface area contributed by atoms with Crippen molar-refractivity contribution < 1.29 is 4.79 Å². The number of amides is 1. The van der Waals surface area contributed by atoms with Crippen molar-refractivity contribution >= 4 is 23.6 Å². The number of halogens is 1. The highest BCUT2D eigenvalue weighted by molar-refractivity contribution is 6.30. The molecule has 0 radical (unpaired) electrons. The van der Waals surface area contributed by atoms with Crippen LogP contribution < -0.4 is 5.32 Å². The van der Waals surface area contributed by atoms with Crippen LogP contribution in [0.2, 0.25) is 5.02 Å². The fourth-order valence-corrected chi connectivity index (χ4v) is 1.59. The van der Waals surface area contributed by atoms with Gasteiger partial charge in [0.2, 0.25) is 5.91 Å². The third-order valence-corrected chi connectivity index (χ3v) is 3.76. The summed E-state index contributed by atoms with van der Waals surface area (Å²) in [6.45, 7) is 6.59. The Balaban J connectivity index is 2.65. The Hall–Kier alpha value is -1.32. The van der Waals surface area contributed by atoms with Crippen LogP contribution in [-0.2, 0) is 4.79 Å². The highest BCUT2D eigenvalue weighted by atomic mass is 35.5.